The Kier molecular flexibility index (Phi) is 4.62. The van der Waals surface area contributed by atoms with Crippen LogP contribution in [0.4, 0.5) is 0 Å². The van der Waals surface area contributed by atoms with Crippen molar-refractivity contribution in [1.29, 1.82) is 0 Å². The van der Waals surface area contributed by atoms with Crippen LogP contribution in [0.25, 0.3) is 0 Å². The van der Waals surface area contributed by atoms with Crippen LogP contribution in [-0.2, 0) is 0 Å². The Morgan fingerprint density at radius 3 is 1.09 bits per heavy atom. The second-order valence-corrected chi connectivity index (χ2v) is 14.7. The first-order valence-electron chi connectivity index (χ1n) is 7.90. The van der Waals surface area contributed by atoms with E-state index >= 15 is 0 Å². The molecule has 0 saturated carbocycles. The summed E-state index contributed by atoms with van der Waals surface area (Å²) in [5.74, 6) is 0. The van der Waals surface area contributed by atoms with Gasteiger partial charge in [0, 0.05) is 0 Å². The Morgan fingerprint density at radius 1 is 0.609 bits per heavy atom. The zero-order valence-corrected chi connectivity index (χ0v) is 16.6. The first-order chi connectivity index (χ1) is 11.1. The van der Waals surface area contributed by atoms with Gasteiger partial charge in [0.1, 0.15) is 0 Å². The fourth-order valence-electron chi connectivity index (χ4n) is 3.50. The van der Waals surface area contributed by atoms with E-state index in [2.05, 4.69) is 127 Å². The molecule has 0 aliphatic heterocycles. The molecule has 0 N–H and O–H groups in total. The molecule has 0 radical (unpaired) electrons. The summed E-state index contributed by atoms with van der Waals surface area (Å²) in [5, 5.41) is 4.37. The third kappa shape index (κ3) is 2.45. The Bertz CT molecular complexity index is 667. The van der Waals surface area contributed by atoms with E-state index in [4.69, 9.17) is 0 Å². The first-order valence-corrected chi connectivity index (χ1v) is 11.9. The Hall–Kier alpha value is -1.18. The number of alkyl halides is 1. The number of hydrogen-bond donors (Lipinski definition) is 0. The summed E-state index contributed by atoms with van der Waals surface area (Å²) in [4.78, 5) is 0. The molecule has 3 aromatic rings. The summed E-state index contributed by atoms with van der Waals surface area (Å²) in [6.07, 6.45) is 0. The zero-order chi connectivity index (χ0) is 16.4. The molecule has 23 heavy (non-hydrogen) atoms. The van der Waals surface area contributed by atoms with Crippen LogP contribution in [-0.4, -0.2) is 10.3 Å². The van der Waals surface area contributed by atoms with Gasteiger partial charge in [0.15, 0.2) is 0 Å². The van der Waals surface area contributed by atoms with Crippen LogP contribution in [0.1, 0.15) is 6.92 Å². The van der Waals surface area contributed by atoms with Crippen molar-refractivity contribution >= 4 is 45.1 Å². The van der Waals surface area contributed by atoms with Crippen LogP contribution < -0.4 is 15.9 Å². The zero-order valence-electron chi connectivity index (χ0n) is 13.6. The van der Waals surface area contributed by atoms with Crippen LogP contribution >= 0.6 is 29.2 Å². The summed E-state index contributed by atoms with van der Waals surface area (Å²) < 4.78 is 0.491. The van der Waals surface area contributed by atoms with Crippen molar-refractivity contribution < 1.29 is 0 Å². The Labute approximate surface area is 153 Å². The van der Waals surface area contributed by atoms with E-state index in [1.54, 1.807) is 0 Å². The topological polar surface area (TPSA) is 0 Å². The molecule has 3 rings (SSSR count). The summed E-state index contributed by atoms with van der Waals surface area (Å²) in [6, 6.07) is 33.2. The monoisotopic (exact) mass is 432 g/mol. The van der Waals surface area contributed by atoms with Crippen LogP contribution in [0.3, 0.4) is 0 Å². The van der Waals surface area contributed by atoms with Gasteiger partial charge in [-0.15, -0.1) is 0 Å². The number of rotatable bonds is 4. The second kappa shape index (κ2) is 6.37. The van der Waals surface area contributed by atoms with Crippen molar-refractivity contribution in [2.24, 2.45) is 0 Å². The van der Waals surface area contributed by atoms with Crippen LogP contribution in [0.2, 0.25) is 0 Å². The van der Waals surface area contributed by atoms with Gasteiger partial charge in [-0.2, -0.15) is 0 Å². The van der Waals surface area contributed by atoms with E-state index in [-0.39, 0.29) is 0 Å². The normalized spacial score (nSPS) is 14.7. The van der Waals surface area contributed by atoms with Gasteiger partial charge in [-0.1, -0.05) is 0 Å². The molecule has 0 spiro atoms. The van der Waals surface area contributed by atoms with Crippen LogP contribution in [0.5, 0.6) is 0 Å². The van der Waals surface area contributed by atoms with Crippen LogP contribution in [0.15, 0.2) is 91.0 Å². The van der Waals surface area contributed by atoms with Crippen molar-refractivity contribution in [1.82, 2.24) is 0 Å². The molecule has 0 amide bonds. The first kappa shape index (κ1) is 16.7. The Balaban J connectivity index is 2.47. The standard InChI is InChI=1S/C21H22IP/c1-18(22)23(2,19-12-6-3-7-13-19,20-14-8-4-9-15-20)21-16-10-5-11-17-21/h3-18H,1-2H3. The average molecular weight is 432 g/mol. The van der Waals surface area contributed by atoms with Crippen LogP contribution in [0, 0.1) is 0 Å². The van der Waals surface area contributed by atoms with Gasteiger partial charge in [0.25, 0.3) is 0 Å². The molecule has 0 aliphatic carbocycles. The van der Waals surface area contributed by atoms with Crippen molar-refractivity contribution in [3.05, 3.63) is 91.0 Å². The molecule has 1 atom stereocenters. The van der Waals surface area contributed by atoms with E-state index < -0.39 is 6.60 Å². The fourth-order valence-corrected chi connectivity index (χ4v) is 11.3. The van der Waals surface area contributed by atoms with E-state index in [1.807, 2.05) is 0 Å². The molecule has 1 unspecified atom stereocenters. The van der Waals surface area contributed by atoms with E-state index in [9.17, 15) is 0 Å². The molecule has 0 fully saturated rings. The fraction of sp³-hybridized carbons (Fsp3) is 0.143. The van der Waals surface area contributed by atoms with Gasteiger partial charge in [-0.3, -0.25) is 0 Å². The SMILES string of the molecule is CC(I)P(C)(c1ccccc1)(c1ccccc1)c1ccccc1. The molecule has 2 heteroatoms. The van der Waals surface area contributed by atoms with Gasteiger partial charge < -0.3 is 0 Å². The predicted octanol–water partition coefficient (Wildman–Crippen LogP) is 4.93. The third-order valence-electron chi connectivity index (χ3n) is 5.15. The third-order valence-corrected chi connectivity index (χ3v) is 16.0. The van der Waals surface area contributed by atoms with Crippen molar-refractivity contribution in [2.45, 2.75) is 10.6 Å². The van der Waals surface area contributed by atoms with Crippen molar-refractivity contribution in [2.75, 3.05) is 6.66 Å². The molecule has 0 nitrogen and oxygen atoms in total. The maximum atomic E-state index is 2.64. The maximum absolute atomic E-state index is 2.64. The van der Waals surface area contributed by atoms with Gasteiger partial charge in [-0.25, -0.2) is 0 Å². The number of halogens is 1. The molecule has 0 saturated heterocycles. The molecule has 0 bridgehead atoms. The summed E-state index contributed by atoms with van der Waals surface area (Å²) in [6.45, 7) is 2.36. The Morgan fingerprint density at radius 2 is 0.870 bits per heavy atom. The minimum atomic E-state index is -2.52. The van der Waals surface area contributed by atoms with Gasteiger partial charge in [-0.05, 0) is 0 Å². The van der Waals surface area contributed by atoms with E-state index in [0.29, 0.717) is 3.67 Å². The van der Waals surface area contributed by atoms with E-state index in [1.165, 1.54) is 15.9 Å². The second-order valence-electron chi connectivity index (χ2n) is 6.23. The van der Waals surface area contributed by atoms with E-state index in [0.717, 1.165) is 0 Å². The number of benzene rings is 3. The number of hydrogen-bond acceptors (Lipinski definition) is 0. The molecule has 3 aromatic carbocycles. The van der Waals surface area contributed by atoms with Gasteiger partial charge in [0.05, 0.1) is 0 Å². The quantitative estimate of drug-likeness (QED) is 0.312. The summed E-state index contributed by atoms with van der Waals surface area (Å²) >= 11 is 2.64. The van der Waals surface area contributed by atoms with Gasteiger partial charge in [0.2, 0.25) is 0 Å². The molecule has 0 aromatic heterocycles. The average Bonchev–Trinajstić information content (AvgIpc) is 2.63. The molecule has 0 aliphatic rings. The summed E-state index contributed by atoms with van der Waals surface area (Å²) in [5.41, 5.74) is 0. The van der Waals surface area contributed by atoms with Crippen molar-refractivity contribution in [3.8, 4) is 0 Å². The molecule has 118 valence electrons. The molecular formula is C21H22IP. The van der Waals surface area contributed by atoms with Gasteiger partial charge >= 0.3 is 153 Å². The molecule has 0 heterocycles. The molecular weight excluding hydrogens is 410 g/mol. The predicted molar refractivity (Wildman–Crippen MR) is 115 cm³/mol. The summed E-state index contributed by atoms with van der Waals surface area (Å²) in [7, 11) is 0. The minimum absolute atomic E-state index is 0.491. The van der Waals surface area contributed by atoms with Crippen molar-refractivity contribution in [3.63, 3.8) is 0 Å².